The topological polar surface area (TPSA) is 82.6 Å². The molecule has 6 heteroatoms. The van der Waals surface area contributed by atoms with E-state index in [1.165, 1.54) is 0 Å². The van der Waals surface area contributed by atoms with Crippen LogP contribution in [-0.2, 0) is 9.59 Å². The Labute approximate surface area is 168 Å². The average molecular weight is 390 g/mol. The van der Waals surface area contributed by atoms with Crippen LogP contribution in [0.5, 0.6) is 5.75 Å². The molecule has 1 saturated heterocycles. The van der Waals surface area contributed by atoms with Crippen molar-refractivity contribution in [2.24, 2.45) is 0 Å². The van der Waals surface area contributed by atoms with Crippen molar-refractivity contribution in [2.75, 3.05) is 13.7 Å². The van der Waals surface area contributed by atoms with Gasteiger partial charge >= 0.3 is 0 Å². The number of hydrogen-bond donors (Lipinski definition) is 2. The lowest BCUT2D eigenvalue weighted by Crippen LogP contribution is -2.30. The van der Waals surface area contributed by atoms with Crippen LogP contribution in [0.4, 0.5) is 0 Å². The molecule has 1 amide bonds. The van der Waals surface area contributed by atoms with Gasteiger partial charge in [0.25, 0.3) is 11.7 Å². The van der Waals surface area contributed by atoms with Gasteiger partial charge in [0, 0.05) is 34.8 Å². The van der Waals surface area contributed by atoms with E-state index in [0.717, 1.165) is 16.5 Å². The lowest BCUT2D eigenvalue weighted by Gasteiger charge is -2.24. The molecule has 0 radical (unpaired) electrons. The highest BCUT2D eigenvalue weighted by Gasteiger charge is 2.46. The maximum atomic E-state index is 12.9. The quantitative estimate of drug-likeness (QED) is 0.392. The molecule has 6 nitrogen and oxygen atoms in total. The van der Waals surface area contributed by atoms with Crippen molar-refractivity contribution in [1.29, 1.82) is 0 Å². The van der Waals surface area contributed by atoms with Gasteiger partial charge < -0.3 is 19.7 Å². The average Bonchev–Trinajstić information content (AvgIpc) is 3.28. The first kappa shape index (κ1) is 18.8. The van der Waals surface area contributed by atoms with E-state index in [0.29, 0.717) is 24.3 Å². The van der Waals surface area contributed by atoms with Crippen molar-refractivity contribution in [3.63, 3.8) is 0 Å². The third-order valence-corrected chi connectivity index (χ3v) is 5.28. The second-order valence-corrected chi connectivity index (χ2v) is 7.01. The number of Topliss-reactive ketones (excluding diaryl/α,β-unsaturated/α-hetero) is 1. The Morgan fingerprint density at radius 2 is 1.86 bits per heavy atom. The maximum absolute atomic E-state index is 12.9. The van der Waals surface area contributed by atoms with Crippen LogP contribution in [0.1, 0.15) is 30.5 Å². The number of hydrogen-bond acceptors (Lipinski definition) is 4. The molecule has 2 N–H and O–H groups in total. The third-order valence-electron chi connectivity index (χ3n) is 5.28. The van der Waals surface area contributed by atoms with Crippen LogP contribution in [-0.4, -0.2) is 40.3 Å². The van der Waals surface area contributed by atoms with Crippen LogP contribution in [0.15, 0.2) is 60.3 Å². The maximum Gasteiger partial charge on any atom is 0.295 e. The van der Waals surface area contributed by atoms with E-state index in [1.807, 2.05) is 37.4 Å². The fraction of sp³-hybridized carbons (Fsp3) is 0.217. The number of para-hydroxylation sites is 1. The Morgan fingerprint density at radius 1 is 1.14 bits per heavy atom. The van der Waals surface area contributed by atoms with Crippen molar-refractivity contribution in [2.45, 2.75) is 19.4 Å². The molecule has 0 aliphatic carbocycles. The van der Waals surface area contributed by atoms with Crippen molar-refractivity contribution >= 4 is 28.4 Å². The summed E-state index contributed by atoms with van der Waals surface area (Å²) in [6.45, 7) is 2.38. The number of aromatic amines is 1. The lowest BCUT2D eigenvalue weighted by molar-refractivity contribution is -0.139. The molecular formula is C23H22N2O4. The number of aliphatic hydroxyl groups excluding tert-OH is 1. The first-order valence-corrected chi connectivity index (χ1v) is 9.55. The number of carbonyl (C=O) groups excluding carboxylic acids is 2. The van der Waals surface area contributed by atoms with E-state index in [2.05, 4.69) is 4.98 Å². The number of rotatable bonds is 5. The van der Waals surface area contributed by atoms with Gasteiger partial charge in [-0.2, -0.15) is 0 Å². The first-order chi connectivity index (χ1) is 14.1. The summed E-state index contributed by atoms with van der Waals surface area (Å²) in [7, 11) is 1.56. The Hall–Kier alpha value is -3.54. The van der Waals surface area contributed by atoms with Gasteiger partial charge in [-0.05, 0) is 36.8 Å². The number of fused-ring (bicyclic) bond motifs is 1. The molecule has 0 saturated carbocycles. The Morgan fingerprint density at radius 3 is 2.55 bits per heavy atom. The smallest absolute Gasteiger partial charge is 0.295 e. The minimum Gasteiger partial charge on any atom is -0.507 e. The van der Waals surface area contributed by atoms with Crippen molar-refractivity contribution in [3.8, 4) is 5.75 Å². The fourth-order valence-corrected chi connectivity index (χ4v) is 3.90. The molecule has 2 heterocycles. The van der Waals surface area contributed by atoms with Crippen molar-refractivity contribution in [1.82, 2.24) is 9.88 Å². The van der Waals surface area contributed by atoms with Crippen LogP contribution < -0.4 is 4.74 Å². The molecule has 29 heavy (non-hydrogen) atoms. The second-order valence-electron chi connectivity index (χ2n) is 7.01. The zero-order valence-corrected chi connectivity index (χ0v) is 16.3. The largest absolute Gasteiger partial charge is 0.507 e. The monoisotopic (exact) mass is 390 g/mol. The van der Waals surface area contributed by atoms with E-state index in [4.69, 9.17) is 4.74 Å². The minimum atomic E-state index is -0.665. The zero-order chi connectivity index (χ0) is 20.5. The number of ether oxygens (including phenoxy) is 1. The van der Waals surface area contributed by atoms with Gasteiger partial charge in [-0.1, -0.05) is 25.1 Å². The Bertz CT molecular complexity index is 1110. The first-order valence-electron chi connectivity index (χ1n) is 9.55. The molecule has 1 aliphatic rings. The van der Waals surface area contributed by atoms with Gasteiger partial charge in [-0.25, -0.2) is 0 Å². The molecule has 2 aromatic carbocycles. The molecule has 1 aromatic heterocycles. The summed E-state index contributed by atoms with van der Waals surface area (Å²) < 4.78 is 5.16. The predicted molar refractivity (Wildman–Crippen MR) is 111 cm³/mol. The molecule has 1 fully saturated rings. The molecular weight excluding hydrogens is 368 g/mol. The van der Waals surface area contributed by atoms with Gasteiger partial charge in [0.2, 0.25) is 0 Å². The minimum absolute atomic E-state index is 0.110. The summed E-state index contributed by atoms with van der Waals surface area (Å²) in [5.74, 6) is -0.791. The van der Waals surface area contributed by atoms with Gasteiger partial charge in [0.15, 0.2) is 0 Å². The molecule has 0 bridgehead atoms. The molecule has 1 atom stereocenters. The Balaban J connectivity index is 1.91. The highest BCUT2D eigenvalue weighted by Crippen LogP contribution is 2.42. The van der Waals surface area contributed by atoms with Gasteiger partial charge in [-0.3, -0.25) is 9.59 Å². The van der Waals surface area contributed by atoms with E-state index >= 15 is 0 Å². The number of likely N-dealkylation sites (tertiary alicyclic amines) is 1. The predicted octanol–water partition coefficient (Wildman–Crippen LogP) is 4.01. The number of carbonyl (C=O) groups is 2. The highest BCUT2D eigenvalue weighted by molar-refractivity contribution is 6.46. The number of amides is 1. The number of nitrogens with zero attached hydrogens (tertiary/aromatic N) is 1. The molecule has 1 unspecified atom stereocenters. The summed E-state index contributed by atoms with van der Waals surface area (Å²) in [5.41, 5.74) is 2.28. The number of H-pyrrole nitrogens is 1. The van der Waals surface area contributed by atoms with Crippen LogP contribution in [0.2, 0.25) is 0 Å². The van der Waals surface area contributed by atoms with Gasteiger partial charge in [0.05, 0.1) is 18.7 Å². The van der Waals surface area contributed by atoms with Gasteiger partial charge in [0.1, 0.15) is 11.5 Å². The highest BCUT2D eigenvalue weighted by atomic mass is 16.5. The van der Waals surface area contributed by atoms with Crippen molar-refractivity contribution < 1.29 is 19.4 Å². The molecule has 1 aliphatic heterocycles. The summed E-state index contributed by atoms with van der Waals surface area (Å²) in [5, 5.41) is 11.9. The van der Waals surface area contributed by atoms with Crippen LogP contribution in [0.25, 0.3) is 16.7 Å². The van der Waals surface area contributed by atoms with E-state index in [9.17, 15) is 14.7 Å². The summed E-state index contributed by atoms with van der Waals surface area (Å²) >= 11 is 0. The number of ketones is 1. The van der Waals surface area contributed by atoms with Gasteiger partial charge in [-0.15, -0.1) is 0 Å². The number of methoxy groups -OCH3 is 1. The molecule has 148 valence electrons. The number of benzene rings is 2. The Kier molecular flexibility index (Phi) is 4.84. The SMILES string of the molecule is CCCN1C(=O)C(=O)/C(=C(/O)c2ccc(OC)cc2)C1c1c[nH]c2ccccc12. The van der Waals surface area contributed by atoms with E-state index in [1.54, 1.807) is 36.3 Å². The van der Waals surface area contributed by atoms with Crippen molar-refractivity contribution in [3.05, 3.63) is 71.4 Å². The summed E-state index contributed by atoms with van der Waals surface area (Å²) in [6.07, 6.45) is 2.51. The molecule has 0 spiro atoms. The van der Waals surface area contributed by atoms with E-state index in [-0.39, 0.29) is 11.3 Å². The van der Waals surface area contributed by atoms with E-state index < -0.39 is 17.7 Å². The number of nitrogens with one attached hydrogen (secondary N) is 1. The summed E-state index contributed by atoms with van der Waals surface area (Å²) in [6, 6.07) is 13.8. The number of aromatic nitrogens is 1. The second kappa shape index (κ2) is 7.47. The lowest BCUT2D eigenvalue weighted by atomic mass is 9.95. The summed E-state index contributed by atoms with van der Waals surface area (Å²) in [4.78, 5) is 30.5. The van der Waals surface area contributed by atoms with Crippen LogP contribution in [0, 0.1) is 0 Å². The van der Waals surface area contributed by atoms with Crippen LogP contribution >= 0.6 is 0 Å². The third kappa shape index (κ3) is 3.06. The zero-order valence-electron chi connectivity index (χ0n) is 16.3. The molecule has 4 rings (SSSR count). The standard InChI is InChI=1S/C23H22N2O4/c1-3-12-25-20(17-13-24-18-7-5-4-6-16(17)18)19(22(27)23(25)28)21(26)14-8-10-15(29-2)11-9-14/h4-11,13,20,24,26H,3,12H2,1-2H3/b21-19+. The number of aliphatic hydroxyl groups is 1. The normalized spacial score (nSPS) is 18.6. The molecule has 3 aromatic rings. The van der Waals surface area contributed by atoms with Crippen LogP contribution in [0.3, 0.4) is 0 Å². The fourth-order valence-electron chi connectivity index (χ4n) is 3.90.